The molecule has 2 amide bonds. The zero-order chi connectivity index (χ0) is 18.7. The molecule has 1 aromatic carbocycles. The number of rotatable bonds is 4. The molecule has 0 unspecified atom stereocenters. The van der Waals surface area contributed by atoms with Crippen LogP contribution in [0, 0.1) is 0 Å². The first-order valence-electron chi connectivity index (χ1n) is 7.22. The van der Waals surface area contributed by atoms with Crippen molar-refractivity contribution in [2.75, 3.05) is 0 Å². The molecule has 0 spiro atoms. The molecule has 0 aliphatic carbocycles. The third kappa shape index (κ3) is 4.38. The molecule has 134 valence electrons. The van der Waals surface area contributed by atoms with Crippen LogP contribution in [0.2, 0.25) is 0 Å². The molecule has 9 heteroatoms. The molecule has 0 saturated carbocycles. The maximum absolute atomic E-state index is 12.5. The summed E-state index contributed by atoms with van der Waals surface area (Å²) in [6.45, 7) is 0.482. The van der Waals surface area contributed by atoms with E-state index in [4.69, 9.17) is 0 Å². The quantitative estimate of drug-likeness (QED) is 0.733. The molecular formula is C16H16F3N3O3. The summed E-state index contributed by atoms with van der Waals surface area (Å²) in [5.74, 6) is -1.88. The lowest BCUT2D eigenvalue weighted by molar-refractivity contribution is -0.253. The number of para-hydroxylation sites is 1. The van der Waals surface area contributed by atoms with Gasteiger partial charge in [-0.25, -0.2) is 0 Å². The lowest BCUT2D eigenvalue weighted by atomic mass is 10.0. The van der Waals surface area contributed by atoms with Gasteiger partial charge in [-0.05, 0) is 31.2 Å². The second-order valence-electron chi connectivity index (χ2n) is 5.56. The number of carbonyl (C=O) groups is 2. The molecule has 25 heavy (non-hydrogen) atoms. The van der Waals surface area contributed by atoms with Gasteiger partial charge in [0, 0.05) is 12.4 Å². The Morgan fingerprint density at radius 1 is 1.08 bits per heavy atom. The smallest absolute Gasteiger partial charge is 0.380 e. The highest BCUT2D eigenvalue weighted by molar-refractivity contribution is 5.98. The highest BCUT2D eigenvalue weighted by atomic mass is 19.4. The summed E-state index contributed by atoms with van der Waals surface area (Å²) < 4.78 is 39.3. The van der Waals surface area contributed by atoms with Crippen LogP contribution < -0.4 is 10.9 Å². The van der Waals surface area contributed by atoms with E-state index in [-0.39, 0.29) is 5.56 Å². The molecule has 0 aliphatic rings. The number of alkyl halides is 3. The van der Waals surface area contributed by atoms with Crippen molar-refractivity contribution in [3.05, 3.63) is 54.4 Å². The van der Waals surface area contributed by atoms with Crippen molar-refractivity contribution >= 4 is 11.8 Å². The van der Waals surface area contributed by atoms with E-state index in [0.717, 1.165) is 0 Å². The highest BCUT2D eigenvalue weighted by Crippen LogP contribution is 2.32. The number of nitrogens with one attached hydrogen (secondary N) is 2. The van der Waals surface area contributed by atoms with Crippen LogP contribution in [0.1, 0.15) is 23.7 Å². The number of hydrazine groups is 1. The van der Waals surface area contributed by atoms with Crippen LogP contribution in [-0.4, -0.2) is 33.3 Å². The Bertz CT molecular complexity index is 755. The fourth-order valence-corrected chi connectivity index (χ4v) is 2.04. The van der Waals surface area contributed by atoms with Gasteiger partial charge in [-0.2, -0.15) is 13.2 Å². The van der Waals surface area contributed by atoms with E-state index in [9.17, 15) is 27.9 Å². The van der Waals surface area contributed by atoms with Crippen LogP contribution in [-0.2, 0) is 4.79 Å². The molecule has 0 aliphatic heterocycles. The number of halogens is 3. The molecule has 1 heterocycles. The van der Waals surface area contributed by atoms with Crippen molar-refractivity contribution < 1.29 is 27.9 Å². The maximum Gasteiger partial charge on any atom is 0.417 e. The molecule has 0 bridgehead atoms. The number of hydrogen-bond donors (Lipinski definition) is 3. The first-order chi connectivity index (χ1) is 11.6. The Morgan fingerprint density at radius 3 is 2.28 bits per heavy atom. The van der Waals surface area contributed by atoms with Crippen molar-refractivity contribution in [2.24, 2.45) is 0 Å². The number of hydrogen-bond acceptors (Lipinski definition) is 3. The zero-order valence-corrected chi connectivity index (χ0v) is 13.2. The Hall–Kier alpha value is -2.81. The van der Waals surface area contributed by atoms with Gasteiger partial charge in [-0.3, -0.25) is 20.4 Å². The van der Waals surface area contributed by atoms with Crippen molar-refractivity contribution in [1.29, 1.82) is 0 Å². The van der Waals surface area contributed by atoms with Crippen LogP contribution in [0.4, 0.5) is 13.2 Å². The van der Waals surface area contributed by atoms with E-state index in [1.165, 1.54) is 6.07 Å². The van der Waals surface area contributed by atoms with E-state index in [1.807, 2.05) is 10.9 Å². The Kier molecular flexibility index (Phi) is 5.17. The fraction of sp³-hybridized carbons (Fsp3) is 0.250. The lowest BCUT2D eigenvalue weighted by Gasteiger charge is -2.25. The second kappa shape index (κ2) is 6.98. The molecule has 1 atom stereocenters. The number of benzene rings is 1. The lowest BCUT2D eigenvalue weighted by Crippen LogP contribution is -2.49. The molecule has 1 aromatic heterocycles. The highest BCUT2D eigenvalue weighted by Gasteiger charge is 2.51. The van der Waals surface area contributed by atoms with Gasteiger partial charge in [0.25, 0.3) is 5.91 Å². The Labute approximate surface area is 141 Å². The summed E-state index contributed by atoms with van der Waals surface area (Å²) in [6, 6.07) is 10.0. The van der Waals surface area contributed by atoms with Crippen LogP contribution in [0.3, 0.4) is 0 Å². The van der Waals surface area contributed by atoms with Gasteiger partial charge in [0.1, 0.15) is 0 Å². The number of aromatic nitrogens is 1. The fourth-order valence-electron chi connectivity index (χ4n) is 2.04. The summed E-state index contributed by atoms with van der Waals surface area (Å²) >= 11 is 0. The van der Waals surface area contributed by atoms with Crippen molar-refractivity contribution in [2.45, 2.75) is 25.1 Å². The topological polar surface area (TPSA) is 83.4 Å². The van der Waals surface area contributed by atoms with Crippen LogP contribution in [0.5, 0.6) is 0 Å². The van der Waals surface area contributed by atoms with Crippen LogP contribution in [0.25, 0.3) is 5.69 Å². The first kappa shape index (κ1) is 18.5. The normalized spacial score (nSPS) is 13.8. The van der Waals surface area contributed by atoms with Gasteiger partial charge in [-0.15, -0.1) is 0 Å². The third-order valence-corrected chi connectivity index (χ3v) is 3.46. The van der Waals surface area contributed by atoms with E-state index >= 15 is 0 Å². The number of nitrogens with zero attached hydrogens (tertiary/aromatic N) is 1. The third-order valence-electron chi connectivity index (χ3n) is 3.46. The summed E-state index contributed by atoms with van der Waals surface area (Å²) in [7, 11) is 0. The van der Waals surface area contributed by atoms with Gasteiger partial charge >= 0.3 is 6.18 Å². The predicted octanol–water partition coefficient (Wildman–Crippen LogP) is 1.94. The van der Waals surface area contributed by atoms with Gasteiger partial charge in [0.05, 0.1) is 17.7 Å². The molecule has 0 fully saturated rings. The SMILES string of the molecule is C[C@@](O)(CC(=O)NNC(=O)c1ccccc1-n1cccc1)C(F)(F)F. The van der Waals surface area contributed by atoms with Gasteiger partial charge in [0.15, 0.2) is 5.60 Å². The monoisotopic (exact) mass is 355 g/mol. The van der Waals surface area contributed by atoms with Gasteiger partial charge < -0.3 is 9.67 Å². The van der Waals surface area contributed by atoms with E-state index in [0.29, 0.717) is 12.6 Å². The second-order valence-corrected chi connectivity index (χ2v) is 5.56. The van der Waals surface area contributed by atoms with E-state index in [1.54, 1.807) is 47.3 Å². The molecule has 0 saturated heterocycles. The summed E-state index contributed by atoms with van der Waals surface area (Å²) in [5, 5.41) is 9.27. The minimum atomic E-state index is -4.96. The molecule has 2 rings (SSSR count). The van der Waals surface area contributed by atoms with Crippen molar-refractivity contribution in [3.8, 4) is 5.69 Å². The molecular weight excluding hydrogens is 339 g/mol. The first-order valence-corrected chi connectivity index (χ1v) is 7.22. The summed E-state index contributed by atoms with van der Waals surface area (Å²) in [5.41, 5.74) is 1.47. The molecule has 0 radical (unpaired) electrons. The zero-order valence-electron chi connectivity index (χ0n) is 13.2. The predicted molar refractivity (Wildman–Crippen MR) is 82.7 cm³/mol. The average Bonchev–Trinajstić information content (AvgIpc) is 3.05. The molecule has 2 aromatic rings. The van der Waals surface area contributed by atoms with Crippen LogP contribution >= 0.6 is 0 Å². The minimum absolute atomic E-state index is 0.210. The summed E-state index contributed by atoms with van der Waals surface area (Å²) in [4.78, 5) is 23.8. The molecule has 3 N–H and O–H groups in total. The van der Waals surface area contributed by atoms with Crippen molar-refractivity contribution in [1.82, 2.24) is 15.4 Å². The number of carbonyl (C=O) groups excluding carboxylic acids is 2. The van der Waals surface area contributed by atoms with Gasteiger partial charge in [0.2, 0.25) is 5.91 Å². The average molecular weight is 355 g/mol. The summed E-state index contributed by atoms with van der Waals surface area (Å²) in [6.07, 6.45) is -2.78. The largest absolute Gasteiger partial charge is 0.417 e. The molecule has 6 nitrogen and oxygen atoms in total. The van der Waals surface area contributed by atoms with Gasteiger partial charge in [-0.1, -0.05) is 12.1 Å². The maximum atomic E-state index is 12.5. The number of amides is 2. The van der Waals surface area contributed by atoms with Crippen molar-refractivity contribution in [3.63, 3.8) is 0 Å². The van der Waals surface area contributed by atoms with E-state index < -0.39 is 30.0 Å². The Balaban J connectivity index is 2.03. The van der Waals surface area contributed by atoms with Crippen LogP contribution in [0.15, 0.2) is 48.8 Å². The Morgan fingerprint density at radius 2 is 1.68 bits per heavy atom. The number of aliphatic hydroxyl groups is 1. The minimum Gasteiger partial charge on any atom is -0.380 e. The van der Waals surface area contributed by atoms with E-state index in [2.05, 4.69) is 0 Å². The standard InChI is InChI=1S/C16H16F3N3O3/c1-15(25,16(17,18)19)10-13(23)20-21-14(24)11-6-2-3-7-12(11)22-8-4-5-9-22/h2-9,25H,10H2,1H3,(H,20,23)(H,21,24)/t15-/m1/s1.